The molecule has 78 valence electrons. The van der Waals surface area contributed by atoms with E-state index in [1.807, 2.05) is 13.8 Å². The Balaban J connectivity index is 1.81. The normalized spacial score (nSPS) is 48.9. The molecule has 0 spiro atoms. The van der Waals surface area contributed by atoms with Gasteiger partial charge >= 0.3 is 5.97 Å². The lowest BCUT2D eigenvalue weighted by atomic mass is 10.1. The molecule has 3 saturated heterocycles. The van der Waals surface area contributed by atoms with Gasteiger partial charge in [0, 0.05) is 0 Å². The maximum Gasteiger partial charge on any atom is 0.309 e. The number of rotatable bonds is 0. The van der Waals surface area contributed by atoms with Gasteiger partial charge in [-0.05, 0) is 13.8 Å². The average molecular weight is 200 g/mol. The third kappa shape index (κ3) is 1.09. The zero-order chi connectivity index (χ0) is 9.92. The summed E-state index contributed by atoms with van der Waals surface area (Å²) in [6, 6.07) is 0. The Kier molecular flexibility index (Phi) is 1.53. The van der Waals surface area contributed by atoms with Gasteiger partial charge in [0.25, 0.3) is 0 Å². The first kappa shape index (κ1) is 8.64. The van der Waals surface area contributed by atoms with E-state index in [0.29, 0.717) is 6.42 Å². The predicted octanol–water partition coefficient (Wildman–Crippen LogP) is 0.178. The van der Waals surface area contributed by atoms with Crippen LogP contribution in [0.1, 0.15) is 20.3 Å². The van der Waals surface area contributed by atoms with Gasteiger partial charge in [-0.25, -0.2) is 0 Å². The Morgan fingerprint density at radius 1 is 1.29 bits per heavy atom. The molecule has 0 aromatic carbocycles. The minimum absolute atomic E-state index is 0.186. The lowest BCUT2D eigenvalue weighted by Gasteiger charge is -2.20. The smallest absolute Gasteiger partial charge is 0.309 e. The van der Waals surface area contributed by atoms with E-state index < -0.39 is 5.79 Å². The first-order valence-corrected chi connectivity index (χ1v) is 4.76. The van der Waals surface area contributed by atoms with Crippen LogP contribution in [0.4, 0.5) is 0 Å². The molecular weight excluding hydrogens is 188 g/mol. The SMILES string of the molecule is CC1(C)OC2OC3CC(=O)O[C@@H]3[C@H]2O1. The minimum Gasteiger partial charge on any atom is -0.456 e. The fourth-order valence-electron chi connectivity index (χ4n) is 2.22. The summed E-state index contributed by atoms with van der Waals surface area (Å²) < 4.78 is 21.8. The topological polar surface area (TPSA) is 54.0 Å². The second kappa shape index (κ2) is 2.48. The molecule has 0 N–H and O–H groups in total. The third-order valence-corrected chi connectivity index (χ3v) is 2.72. The fourth-order valence-corrected chi connectivity index (χ4v) is 2.22. The van der Waals surface area contributed by atoms with E-state index in [-0.39, 0.29) is 30.6 Å². The zero-order valence-corrected chi connectivity index (χ0v) is 8.06. The van der Waals surface area contributed by atoms with Gasteiger partial charge in [-0.2, -0.15) is 0 Å². The van der Waals surface area contributed by atoms with Gasteiger partial charge in [-0.1, -0.05) is 0 Å². The monoisotopic (exact) mass is 200 g/mol. The number of hydrogen-bond donors (Lipinski definition) is 0. The van der Waals surface area contributed by atoms with Gasteiger partial charge in [0.15, 0.2) is 24.3 Å². The van der Waals surface area contributed by atoms with Crippen LogP contribution in [0.5, 0.6) is 0 Å². The van der Waals surface area contributed by atoms with Gasteiger partial charge in [-0.3, -0.25) is 4.79 Å². The molecule has 3 fully saturated rings. The summed E-state index contributed by atoms with van der Waals surface area (Å²) in [6.07, 6.45) is -0.803. The number of hydrogen-bond acceptors (Lipinski definition) is 5. The van der Waals surface area contributed by atoms with Crippen LogP contribution >= 0.6 is 0 Å². The van der Waals surface area contributed by atoms with E-state index in [1.54, 1.807) is 0 Å². The van der Waals surface area contributed by atoms with Crippen LogP contribution in [-0.4, -0.2) is 36.4 Å². The third-order valence-electron chi connectivity index (χ3n) is 2.72. The van der Waals surface area contributed by atoms with Gasteiger partial charge in [0.1, 0.15) is 6.10 Å². The van der Waals surface area contributed by atoms with Crippen molar-refractivity contribution in [1.29, 1.82) is 0 Å². The molecule has 3 aliphatic heterocycles. The van der Waals surface area contributed by atoms with Crippen LogP contribution in [0.2, 0.25) is 0 Å². The highest BCUT2D eigenvalue weighted by Gasteiger charge is 2.59. The minimum atomic E-state index is -0.644. The van der Waals surface area contributed by atoms with Gasteiger partial charge < -0.3 is 18.9 Å². The zero-order valence-electron chi connectivity index (χ0n) is 8.06. The summed E-state index contributed by atoms with van der Waals surface area (Å²) in [7, 11) is 0. The van der Waals surface area contributed by atoms with Crippen molar-refractivity contribution in [1.82, 2.24) is 0 Å². The standard InChI is InChI=1S/C9H12O5/c1-9(2)13-7-6-4(3-5(10)12-6)11-8(7)14-9/h4,6-8H,3H2,1-2H3/t4?,6-,7+,8?/m0/s1. The number of fused-ring (bicyclic) bond motifs is 3. The summed E-state index contributed by atoms with van der Waals surface area (Å²) in [5.74, 6) is -0.860. The predicted molar refractivity (Wildman–Crippen MR) is 43.2 cm³/mol. The summed E-state index contributed by atoms with van der Waals surface area (Å²) in [6.45, 7) is 3.64. The molecule has 5 heteroatoms. The van der Waals surface area contributed by atoms with Crippen molar-refractivity contribution in [2.45, 2.75) is 50.7 Å². The summed E-state index contributed by atoms with van der Waals surface area (Å²) in [5.41, 5.74) is 0. The highest BCUT2D eigenvalue weighted by Crippen LogP contribution is 2.41. The molecule has 0 bridgehead atoms. The first-order valence-electron chi connectivity index (χ1n) is 4.76. The number of esters is 1. The van der Waals surface area contributed by atoms with Gasteiger partial charge in [0.05, 0.1) is 6.42 Å². The van der Waals surface area contributed by atoms with Crippen molar-refractivity contribution in [2.75, 3.05) is 0 Å². The maximum absolute atomic E-state index is 11.0. The molecule has 0 aliphatic carbocycles. The molecule has 0 aromatic heterocycles. The molecule has 2 unspecified atom stereocenters. The van der Waals surface area contributed by atoms with Crippen molar-refractivity contribution >= 4 is 5.97 Å². The Labute approximate surface area is 81.3 Å². The highest BCUT2D eigenvalue weighted by molar-refractivity contribution is 5.73. The van der Waals surface area contributed by atoms with Gasteiger partial charge in [0.2, 0.25) is 0 Å². The van der Waals surface area contributed by atoms with Gasteiger partial charge in [-0.15, -0.1) is 0 Å². The molecule has 14 heavy (non-hydrogen) atoms. The van der Waals surface area contributed by atoms with E-state index in [4.69, 9.17) is 18.9 Å². The average Bonchev–Trinajstić information content (AvgIpc) is 2.58. The number of carbonyl (C=O) groups is 1. The van der Waals surface area contributed by atoms with Crippen molar-refractivity contribution < 1.29 is 23.7 Å². The number of carbonyl (C=O) groups excluding carboxylic acids is 1. The Bertz CT molecular complexity index is 287. The van der Waals surface area contributed by atoms with E-state index in [9.17, 15) is 4.79 Å². The van der Waals surface area contributed by atoms with E-state index in [1.165, 1.54) is 0 Å². The second-order valence-electron chi connectivity index (χ2n) is 4.30. The second-order valence-corrected chi connectivity index (χ2v) is 4.30. The van der Waals surface area contributed by atoms with E-state index >= 15 is 0 Å². The summed E-state index contributed by atoms with van der Waals surface area (Å²) >= 11 is 0. The Morgan fingerprint density at radius 3 is 2.86 bits per heavy atom. The molecule has 3 aliphatic rings. The fraction of sp³-hybridized carbons (Fsp3) is 0.889. The van der Waals surface area contributed by atoms with Crippen molar-refractivity contribution in [3.63, 3.8) is 0 Å². The van der Waals surface area contributed by atoms with Crippen LogP contribution < -0.4 is 0 Å². The molecule has 4 atom stereocenters. The van der Waals surface area contributed by atoms with Crippen molar-refractivity contribution in [3.05, 3.63) is 0 Å². The van der Waals surface area contributed by atoms with Crippen LogP contribution in [0.15, 0.2) is 0 Å². The first-order chi connectivity index (χ1) is 6.55. The van der Waals surface area contributed by atoms with Crippen molar-refractivity contribution in [2.24, 2.45) is 0 Å². The molecular formula is C9H12O5. The molecule has 3 heterocycles. The van der Waals surface area contributed by atoms with Crippen LogP contribution in [0.3, 0.4) is 0 Å². The quantitative estimate of drug-likeness (QED) is 0.522. The van der Waals surface area contributed by atoms with Crippen LogP contribution in [-0.2, 0) is 23.7 Å². The van der Waals surface area contributed by atoms with Crippen molar-refractivity contribution in [3.8, 4) is 0 Å². The lowest BCUT2D eigenvalue weighted by molar-refractivity contribution is -0.209. The maximum atomic E-state index is 11.0. The van der Waals surface area contributed by atoms with E-state index in [2.05, 4.69) is 0 Å². The van der Waals surface area contributed by atoms with Crippen LogP contribution in [0.25, 0.3) is 0 Å². The molecule has 0 radical (unpaired) electrons. The Hall–Kier alpha value is -0.650. The largest absolute Gasteiger partial charge is 0.456 e. The Morgan fingerprint density at radius 2 is 2.07 bits per heavy atom. The highest BCUT2D eigenvalue weighted by atomic mass is 16.8. The molecule has 3 rings (SSSR count). The number of ether oxygens (including phenoxy) is 4. The molecule has 0 amide bonds. The molecule has 5 nitrogen and oxygen atoms in total. The van der Waals surface area contributed by atoms with E-state index in [0.717, 1.165) is 0 Å². The lowest BCUT2D eigenvalue weighted by Crippen LogP contribution is -2.32. The molecule has 0 saturated carbocycles. The molecule has 0 aromatic rings. The summed E-state index contributed by atoms with van der Waals surface area (Å²) in [4.78, 5) is 11.0. The summed E-state index contributed by atoms with van der Waals surface area (Å²) in [5, 5.41) is 0. The van der Waals surface area contributed by atoms with Crippen LogP contribution in [0, 0.1) is 0 Å².